The lowest BCUT2D eigenvalue weighted by atomic mass is 9.49. The van der Waals surface area contributed by atoms with Crippen LogP contribution in [0.4, 0.5) is 0 Å². The summed E-state index contributed by atoms with van der Waals surface area (Å²) in [5, 5.41) is 0. The summed E-state index contributed by atoms with van der Waals surface area (Å²) < 4.78 is 12.7. The van der Waals surface area contributed by atoms with E-state index in [0.29, 0.717) is 6.61 Å². The van der Waals surface area contributed by atoms with E-state index < -0.39 is 6.55 Å². The lowest BCUT2D eigenvalue weighted by Crippen LogP contribution is -2.42. The summed E-state index contributed by atoms with van der Waals surface area (Å²) in [5.74, 6) is 0. The topological polar surface area (TPSA) is 31.4 Å². The summed E-state index contributed by atoms with van der Waals surface area (Å²) in [4.78, 5) is 4.38. The molecule has 0 saturated carbocycles. The Morgan fingerprint density at radius 2 is 1.57 bits per heavy atom. The first-order chi connectivity index (χ1) is 11.3. The molecule has 1 aromatic heterocycles. The second kappa shape index (κ2) is 12.5. The highest BCUT2D eigenvalue weighted by molar-refractivity contribution is 6.67. The molecule has 0 aliphatic carbocycles. The van der Waals surface area contributed by atoms with Crippen molar-refractivity contribution in [3.63, 3.8) is 0 Å². The second-order valence-electron chi connectivity index (χ2n) is 6.55. The molecule has 3 nitrogen and oxygen atoms in total. The van der Waals surface area contributed by atoms with Gasteiger partial charge in [-0.1, -0.05) is 65.4 Å². The molecule has 4 heteroatoms. The SMILES string of the molecule is CCCCCO[B-](CCCC)(CCCC)OCc1ccccn1. The van der Waals surface area contributed by atoms with Gasteiger partial charge in [0.05, 0.1) is 5.69 Å². The van der Waals surface area contributed by atoms with Crippen molar-refractivity contribution in [2.24, 2.45) is 0 Å². The predicted octanol–water partition coefficient (Wildman–Crippen LogP) is 5.85. The molecule has 0 amide bonds. The number of unbranched alkanes of at least 4 members (excludes halogenated alkanes) is 4. The number of pyridine rings is 1. The van der Waals surface area contributed by atoms with E-state index in [4.69, 9.17) is 9.31 Å². The molecule has 0 aromatic carbocycles. The Balaban J connectivity index is 2.67. The van der Waals surface area contributed by atoms with Gasteiger partial charge in [0.25, 0.3) is 0 Å². The molecular weight excluding hydrogens is 285 g/mol. The van der Waals surface area contributed by atoms with E-state index in [2.05, 4.69) is 25.8 Å². The van der Waals surface area contributed by atoms with E-state index in [9.17, 15) is 0 Å². The monoisotopic (exact) mass is 320 g/mol. The highest BCUT2D eigenvalue weighted by atomic mass is 16.6. The van der Waals surface area contributed by atoms with Gasteiger partial charge in [-0.05, 0) is 18.6 Å². The van der Waals surface area contributed by atoms with Crippen molar-refractivity contribution in [3.05, 3.63) is 30.1 Å². The van der Waals surface area contributed by atoms with Gasteiger partial charge in [0, 0.05) is 19.4 Å². The van der Waals surface area contributed by atoms with Crippen molar-refractivity contribution in [1.29, 1.82) is 0 Å². The van der Waals surface area contributed by atoms with E-state index in [1.807, 2.05) is 24.4 Å². The minimum atomic E-state index is -1.19. The third-order valence-electron chi connectivity index (χ3n) is 4.43. The van der Waals surface area contributed by atoms with Crippen molar-refractivity contribution in [2.45, 2.75) is 85.0 Å². The summed E-state index contributed by atoms with van der Waals surface area (Å²) in [5.41, 5.74) is 0.990. The molecule has 23 heavy (non-hydrogen) atoms. The van der Waals surface area contributed by atoms with Gasteiger partial charge < -0.3 is 9.31 Å². The Bertz CT molecular complexity index is 378. The Morgan fingerprint density at radius 3 is 2.13 bits per heavy atom. The van der Waals surface area contributed by atoms with Crippen LogP contribution in [0.3, 0.4) is 0 Å². The van der Waals surface area contributed by atoms with E-state index >= 15 is 0 Å². The minimum absolute atomic E-state index is 0.558. The van der Waals surface area contributed by atoms with Crippen LogP contribution in [0, 0.1) is 0 Å². The fourth-order valence-electron chi connectivity index (χ4n) is 2.93. The summed E-state index contributed by atoms with van der Waals surface area (Å²) >= 11 is 0. The van der Waals surface area contributed by atoms with Crippen LogP contribution >= 0.6 is 0 Å². The molecule has 0 bridgehead atoms. The van der Waals surface area contributed by atoms with Gasteiger partial charge in [-0.3, -0.25) is 4.98 Å². The molecule has 0 N–H and O–H groups in total. The van der Waals surface area contributed by atoms with Crippen LogP contribution in [0.1, 0.15) is 71.4 Å². The zero-order chi connectivity index (χ0) is 16.8. The van der Waals surface area contributed by atoms with Crippen molar-refractivity contribution < 1.29 is 9.31 Å². The molecular formula is C19H35BNO2-. The minimum Gasteiger partial charge on any atom is -0.568 e. The zero-order valence-electron chi connectivity index (χ0n) is 15.4. The third kappa shape index (κ3) is 8.52. The molecule has 0 fully saturated rings. The number of rotatable bonds is 14. The first-order valence-corrected chi connectivity index (χ1v) is 9.61. The molecule has 0 radical (unpaired) electrons. The number of nitrogens with zero attached hydrogens (tertiary/aromatic N) is 1. The zero-order valence-corrected chi connectivity index (χ0v) is 15.4. The van der Waals surface area contributed by atoms with Crippen LogP contribution in [-0.4, -0.2) is 18.1 Å². The van der Waals surface area contributed by atoms with Gasteiger partial charge in [-0.25, -0.2) is 0 Å². The van der Waals surface area contributed by atoms with Crippen LogP contribution in [0.2, 0.25) is 12.6 Å². The summed E-state index contributed by atoms with van der Waals surface area (Å²) in [7, 11) is 0. The van der Waals surface area contributed by atoms with Gasteiger partial charge in [0.1, 0.15) is 0 Å². The van der Waals surface area contributed by atoms with Crippen LogP contribution in [0.15, 0.2) is 24.4 Å². The summed E-state index contributed by atoms with van der Waals surface area (Å²) in [6, 6.07) is 5.98. The maximum atomic E-state index is 6.38. The molecule has 0 saturated heterocycles. The maximum absolute atomic E-state index is 6.38. The molecule has 0 aliphatic heterocycles. The third-order valence-corrected chi connectivity index (χ3v) is 4.43. The Kier molecular flexibility index (Phi) is 11.0. The molecule has 1 aromatic rings. The summed E-state index contributed by atoms with van der Waals surface area (Å²) in [6.45, 7) is 6.88. The van der Waals surface area contributed by atoms with Gasteiger partial charge in [-0.15, -0.1) is 12.6 Å². The van der Waals surface area contributed by atoms with Crippen LogP contribution < -0.4 is 0 Å². The predicted molar refractivity (Wildman–Crippen MR) is 99.7 cm³/mol. The Hall–Kier alpha value is -0.865. The van der Waals surface area contributed by atoms with Crippen molar-refractivity contribution in [1.82, 2.24) is 4.98 Å². The second-order valence-corrected chi connectivity index (χ2v) is 6.55. The van der Waals surface area contributed by atoms with Gasteiger partial charge >= 0.3 is 0 Å². The van der Waals surface area contributed by atoms with Crippen LogP contribution in [-0.2, 0) is 15.9 Å². The quantitative estimate of drug-likeness (QED) is 0.318. The maximum Gasteiger partial charge on any atom is 0.240 e. The lowest BCUT2D eigenvalue weighted by Gasteiger charge is -2.42. The molecule has 0 atom stereocenters. The van der Waals surface area contributed by atoms with Crippen LogP contribution in [0.5, 0.6) is 0 Å². The van der Waals surface area contributed by atoms with Crippen LogP contribution in [0.25, 0.3) is 0 Å². The van der Waals surface area contributed by atoms with E-state index in [-0.39, 0.29) is 0 Å². The Labute approximate surface area is 143 Å². The van der Waals surface area contributed by atoms with Crippen molar-refractivity contribution >= 4 is 6.55 Å². The molecule has 1 rings (SSSR count). The number of aromatic nitrogens is 1. The van der Waals surface area contributed by atoms with Gasteiger partial charge in [-0.2, -0.15) is 0 Å². The molecule has 1 heterocycles. The smallest absolute Gasteiger partial charge is 0.240 e. The van der Waals surface area contributed by atoms with Crippen molar-refractivity contribution in [3.8, 4) is 0 Å². The number of hydrogen-bond acceptors (Lipinski definition) is 3. The molecule has 132 valence electrons. The molecule has 0 spiro atoms. The average molecular weight is 320 g/mol. The molecule has 0 unspecified atom stereocenters. The van der Waals surface area contributed by atoms with Gasteiger partial charge in [0.2, 0.25) is 6.55 Å². The highest BCUT2D eigenvalue weighted by Gasteiger charge is 2.26. The van der Waals surface area contributed by atoms with Gasteiger partial charge in [0.15, 0.2) is 0 Å². The fraction of sp³-hybridized carbons (Fsp3) is 0.737. The van der Waals surface area contributed by atoms with E-state index in [1.54, 1.807) is 0 Å². The largest absolute Gasteiger partial charge is 0.568 e. The van der Waals surface area contributed by atoms with Crippen molar-refractivity contribution in [2.75, 3.05) is 6.61 Å². The number of hydrogen-bond donors (Lipinski definition) is 0. The fourth-order valence-corrected chi connectivity index (χ4v) is 2.93. The first kappa shape index (κ1) is 20.2. The molecule has 0 aliphatic rings. The highest BCUT2D eigenvalue weighted by Crippen LogP contribution is 2.26. The first-order valence-electron chi connectivity index (χ1n) is 9.61. The Morgan fingerprint density at radius 1 is 0.870 bits per heavy atom. The average Bonchev–Trinajstić information content (AvgIpc) is 2.60. The van der Waals surface area contributed by atoms with E-state index in [1.165, 1.54) is 38.5 Å². The lowest BCUT2D eigenvalue weighted by molar-refractivity contribution is 0.153. The van der Waals surface area contributed by atoms with E-state index in [0.717, 1.165) is 31.4 Å². The standard InChI is InChI=1S/C19H35BNO2/c1-4-7-12-17-22-20(14-8-5-2,15-9-6-3)23-18-19-13-10-11-16-21-19/h10-11,13,16H,4-9,12,14-15,17-18H2,1-3H3/q-1. The normalized spacial score (nSPS) is 11.8. The summed E-state index contributed by atoms with van der Waals surface area (Å²) in [6.07, 6.45) is 12.2.